The minimum absolute atomic E-state index is 0.186. The molecule has 1 aromatic heterocycles. The summed E-state index contributed by atoms with van der Waals surface area (Å²) in [6, 6.07) is 7.09. The van der Waals surface area contributed by atoms with Crippen LogP contribution in [0.2, 0.25) is 0 Å². The van der Waals surface area contributed by atoms with Gasteiger partial charge in [0.25, 0.3) is 0 Å². The van der Waals surface area contributed by atoms with Crippen molar-refractivity contribution in [3.8, 4) is 0 Å². The van der Waals surface area contributed by atoms with Crippen LogP contribution in [0.5, 0.6) is 0 Å². The number of benzene rings is 1. The lowest BCUT2D eigenvalue weighted by Gasteiger charge is -2.37. The van der Waals surface area contributed by atoms with Crippen molar-refractivity contribution in [1.82, 2.24) is 19.6 Å². The topological polar surface area (TPSA) is 61.6 Å². The van der Waals surface area contributed by atoms with Gasteiger partial charge in [0.1, 0.15) is 5.82 Å². The second-order valence-corrected chi connectivity index (χ2v) is 12.5. The van der Waals surface area contributed by atoms with Crippen LogP contribution in [0.15, 0.2) is 24.3 Å². The van der Waals surface area contributed by atoms with E-state index >= 15 is 0 Å². The SMILES string of the molecule is CCc1nn(CC)c(C2CCN(CC3CN(CC4(C(=O)O)CCCCC4)CC3c3cccc(F)c3)CC2)c1C. The van der Waals surface area contributed by atoms with Gasteiger partial charge in [-0.05, 0) is 88.2 Å². The number of piperidine rings is 1. The lowest BCUT2D eigenvalue weighted by molar-refractivity contribution is -0.152. The maximum absolute atomic E-state index is 14.3. The van der Waals surface area contributed by atoms with Crippen LogP contribution in [-0.2, 0) is 17.8 Å². The molecule has 3 heterocycles. The van der Waals surface area contributed by atoms with Crippen LogP contribution in [0.1, 0.15) is 93.1 Å². The Morgan fingerprint density at radius 2 is 1.85 bits per heavy atom. The van der Waals surface area contributed by atoms with Gasteiger partial charge >= 0.3 is 5.97 Å². The summed E-state index contributed by atoms with van der Waals surface area (Å²) in [6.07, 6.45) is 7.94. The van der Waals surface area contributed by atoms with Crippen molar-refractivity contribution < 1.29 is 14.3 Å². The molecular weight excluding hydrogens is 491 g/mol. The van der Waals surface area contributed by atoms with E-state index in [0.717, 1.165) is 96.2 Å². The van der Waals surface area contributed by atoms with Gasteiger partial charge in [0.05, 0.1) is 11.1 Å². The number of carboxylic acids is 1. The first-order valence-corrected chi connectivity index (χ1v) is 15.3. The number of aryl methyl sites for hydroxylation is 2. The van der Waals surface area contributed by atoms with E-state index in [1.807, 2.05) is 6.07 Å². The Morgan fingerprint density at radius 1 is 1.10 bits per heavy atom. The summed E-state index contributed by atoms with van der Waals surface area (Å²) in [6.45, 7) is 13.0. The zero-order valence-corrected chi connectivity index (χ0v) is 24.2. The number of hydrogen-bond acceptors (Lipinski definition) is 4. The number of halogens is 1. The highest BCUT2D eigenvalue weighted by Gasteiger charge is 2.44. The Balaban J connectivity index is 1.28. The van der Waals surface area contributed by atoms with Crippen molar-refractivity contribution in [2.75, 3.05) is 39.3 Å². The summed E-state index contributed by atoms with van der Waals surface area (Å²) in [5, 5.41) is 15.1. The molecule has 7 heteroatoms. The van der Waals surface area contributed by atoms with Gasteiger partial charge < -0.3 is 14.9 Å². The van der Waals surface area contributed by atoms with E-state index < -0.39 is 11.4 Å². The molecule has 214 valence electrons. The van der Waals surface area contributed by atoms with Crippen LogP contribution in [0, 0.1) is 24.1 Å². The van der Waals surface area contributed by atoms with E-state index in [1.54, 1.807) is 6.07 Å². The summed E-state index contributed by atoms with van der Waals surface area (Å²) < 4.78 is 16.5. The van der Waals surface area contributed by atoms with Gasteiger partial charge in [0, 0.05) is 50.3 Å². The summed E-state index contributed by atoms with van der Waals surface area (Å²) in [5.41, 5.74) is 4.47. The average Bonchev–Trinajstić information content (AvgIpc) is 3.49. The Morgan fingerprint density at radius 3 is 2.49 bits per heavy atom. The molecule has 6 nitrogen and oxygen atoms in total. The summed E-state index contributed by atoms with van der Waals surface area (Å²) in [7, 11) is 0. The zero-order valence-electron chi connectivity index (χ0n) is 24.2. The lowest BCUT2D eigenvalue weighted by atomic mass is 9.73. The number of likely N-dealkylation sites (tertiary alicyclic amines) is 2. The molecule has 1 aliphatic carbocycles. The molecule has 2 saturated heterocycles. The number of nitrogens with zero attached hydrogens (tertiary/aromatic N) is 4. The average molecular weight is 539 g/mol. The zero-order chi connectivity index (χ0) is 27.6. The highest BCUT2D eigenvalue weighted by atomic mass is 19.1. The van der Waals surface area contributed by atoms with E-state index in [2.05, 4.69) is 41.3 Å². The molecule has 0 amide bonds. The van der Waals surface area contributed by atoms with Gasteiger partial charge in [0.15, 0.2) is 0 Å². The van der Waals surface area contributed by atoms with Crippen molar-refractivity contribution in [2.24, 2.45) is 11.3 Å². The van der Waals surface area contributed by atoms with Crippen LogP contribution in [0.3, 0.4) is 0 Å². The number of carbonyl (C=O) groups is 1. The second-order valence-electron chi connectivity index (χ2n) is 12.5. The minimum atomic E-state index is -0.636. The molecule has 1 aromatic carbocycles. The second kappa shape index (κ2) is 12.1. The van der Waals surface area contributed by atoms with Crippen LogP contribution >= 0.6 is 0 Å². The molecule has 2 aliphatic heterocycles. The van der Waals surface area contributed by atoms with Crippen LogP contribution in [0.25, 0.3) is 0 Å². The fourth-order valence-electron chi connectivity index (χ4n) is 7.92. The van der Waals surface area contributed by atoms with E-state index in [4.69, 9.17) is 5.10 Å². The summed E-state index contributed by atoms with van der Waals surface area (Å²) >= 11 is 0. The van der Waals surface area contributed by atoms with Gasteiger partial charge in [-0.15, -0.1) is 0 Å². The fraction of sp³-hybridized carbons (Fsp3) is 0.688. The first-order chi connectivity index (χ1) is 18.8. The normalized spacial score (nSPS) is 24.8. The Hall–Kier alpha value is -2.25. The largest absolute Gasteiger partial charge is 0.481 e. The molecular formula is C32H47FN4O2. The van der Waals surface area contributed by atoms with Crippen molar-refractivity contribution in [3.05, 3.63) is 52.6 Å². The molecule has 2 atom stereocenters. The first kappa shape index (κ1) is 28.3. The smallest absolute Gasteiger partial charge is 0.310 e. The highest BCUT2D eigenvalue weighted by Crippen LogP contribution is 2.41. The molecule has 3 aliphatic rings. The third kappa shape index (κ3) is 5.95. The molecule has 39 heavy (non-hydrogen) atoms. The molecule has 3 fully saturated rings. The van der Waals surface area contributed by atoms with Crippen LogP contribution in [-0.4, -0.2) is 69.9 Å². The molecule has 1 N–H and O–H groups in total. The van der Waals surface area contributed by atoms with E-state index in [1.165, 1.54) is 23.0 Å². The van der Waals surface area contributed by atoms with Gasteiger partial charge in [-0.25, -0.2) is 4.39 Å². The molecule has 0 radical (unpaired) electrons. The molecule has 2 unspecified atom stereocenters. The molecule has 2 aromatic rings. The van der Waals surface area contributed by atoms with E-state index in [0.29, 0.717) is 18.4 Å². The van der Waals surface area contributed by atoms with Crippen molar-refractivity contribution in [1.29, 1.82) is 0 Å². The van der Waals surface area contributed by atoms with E-state index in [-0.39, 0.29) is 11.7 Å². The molecule has 0 bridgehead atoms. The standard InChI is InChI=1S/C32H47FN4O2/c1-4-29-23(3)30(37(5-2)34-29)24-12-16-35(17-13-24)19-26-20-36(21-28(26)25-10-9-11-27(33)18-25)22-32(31(38)39)14-7-6-8-15-32/h9-11,18,24,26,28H,4-8,12-17,19-22H2,1-3H3,(H,38,39). The third-order valence-electron chi connectivity index (χ3n) is 10.0. The van der Waals surface area contributed by atoms with Crippen LogP contribution < -0.4 is 0 Å². The first-order valence-electron chi connectivity index (χ1n) is 15.3. The molecule has 0 spiro atoms. The predicted molar refractivity (Wildman–Crippen MR) is 153 cm³/mol. The number of aromatic nitrogens is 2. The van der Waals surface area contributed by atoms with Gasteiger partial charge in [-0.2, -0.15) is 5.10 Å². The maximum Gasteiger partial charge on any atom is 0.310 e. The fourth-order valence-corrected chi connectivity index (χ4v) is 7.92. The summed E-state index contributed by atoms with van der Waals surface area (Å²) in [5.74, 6) is 0.322. The quantitative estimate of drug-likeness (QED) is 0.434. The number of hydrogen-bond donors (Lipinski definition) is 1. The maximum atomic E-state index is 14.3. The Bertz CT molecular complexity index is 1130. The summed E-state index contributed by atoms with van der Waals surface area (Å²) in [4.78, 5) is 17.4. The lowest BCUT2D eigenvalue weighted by Crippen LogP contribution is -2.44. The highest BCUT2D eigenvalue weighted by molar-refractivity contribution is 5.75. The number of aliphatic carboxylic acids is 1. The van der Waals surface area contributed by atoms with Crippen molar-refractivity contribution in [3.63, 3.8) is 0 Å². The third-order valence-corrected chi connectivity index (χ3v) is 10.0. The van der Waals surface area contributed by atoms with E-state index in [9.17, 15) is 14.3 Å². The van der Waals surface area contributed by atoms with Gasteiger partial charge in [-0.3, -0.25) is 9.48 Å². The monoisotopic (exact) mass is 538 g/mol. The van der Waals surface area contributed by atoms with Gasteiger partial charge in [-0.1, -0.05) is 38.3 Å². The Labute approximate surface area is 233 Å². The number of carboxylic acid groups (broad SMARTS) is 1. The van der Waals surface area contributed by atoms with Crippen molar-refractivity contribution >= 4 is 5.97 Å². The van der Waals surface area contributed by atoms with Gasteiger partial charge in [0.2, 0.25) is 0 Å². The van der Waals surface area contributed by atoms with Crippen LogP contribution in [0.4, 0.5) is 4.39 Å². The Kier molecular flexibility index (Phi) is 8.77. The predicted octanol–water partition coefficient (Wildman–Crippen LogP) is 5.84. The number of rotatable bonds is 9. The molecule has 5 rings (SSSR count). The minimum Gasteiger partial charge on any atom is -0.481 e. The van der Waals surface area contributed by atoms with Crippen molar-refractivity contribution in [2.45, 2.75) is 90.5 Å². The molecule has 1 saturated carbocycles.